The molecule has 1 aliphatic rings. The van der Waals surface area contributed by atoms with Crippen LogP contribution < -0.4 is 5.32 Å². The van der Waals surface area contributed by atoms with Gasteiger partial charge in [0, 0.05) is 25.1 Å². The molecule has 0 saturated heterocycles. The molecule has 1 N–H and O–H groups in total. The van der Waals surface area contributed by atoms with Crippen LogP contribution in [0.15, 0.2) is 51.6 Å². The average molecular weight is 379 g/mol. The zero-order chi connectivity index (χ0) is 19.7. The van der Waals surface area contributed by atoms with E-state index in [9.17, 15) is 9.59 Å². The van der Waals surface area contributed by atoms with Crippen molar-refractivity contribution in [1.29, 1.82) is 0 Å². The van der Waals surface area contributed by atoms with Crippen LogP contribution in [0.1, 0.15) is 38.7 Å². The Hall–Kier alpha value is -3.35. The predicted molar refractivity (Wildman–Crippen MR) is 100 cm³/mol. The van der Waals surface area contributed by atoms with Crippen LogP contribution in [-0.4, -0.2) is 27.9 Å². The van der Waals surface area contributed by atoms with Crippen LogP contribution in [0.4, 0.5) is 0 Å². The third kappa shape index (κ3) is 3.31. The van der Waals surface area contributed by atoms with Gasteiger partial charge >= 0.3 is 0 Å². The van der Waals surface area contributed by atoms with Crippen molar-refractivity contribution >= 4 is 11.8 Å². The first-order valence-corrected chi connectivity index (χ1v) is 9.15. The van der Waals surface area contributed by atoms with Gasteiger partial charge in [0.1, 0.15) is 11.8 Å². The van der Waals surface area contributed by atoms with Crippen LogP contribution in [0.3, 0.4) is 0 Å². The van der Waals surface area contributed by atoms with E-state index in [1.54, 1.807) is 17.0 Å². The van der Waals surface area contributed by atoms with Gasteiger partial charge in [-0.1, -0.05) is 29.4 Å². The maximum absolute atomic E-state index is 13.0. The Morgan fingerprint density at radius 2 is 1.96 bits per heavy atom. The van der Waals surface area contributed by atoms with Crippen LogP contribution in [0.25, 0.3) is 0 Å². The molecule has 0 bridgehead atoms. The van der Waals surface area contributed by atoms with Crippen LogP contribution in [0.5, 0.6) is 0 Å². The van der Waals surface area contributed by atoms with Gasteiger partial charge in [0.25, 0.3) is 5.91 Å². The lowest BCUT2D eigenvalue weighted by atomic mass is 9.93. The highest BCUT2D eigenvalue weighted by molar-refractivity contribution is 5.96. The summed E-state index contributed by atoms with van der Waals surface area (Å²) >= 11 is 0. The summed E-state index contributed by atoms with van der Waals surface area (Å²) in [7, 11) is 0. The molecule has 3 heterocycles. The molecular formula is C21H21N3O4. The van der Waals surface area contributed by atoms with Crippen molar-refractivity contribution in [3.63, 3.8) is 0 Å². The lowest BCUT2D eigenvalue weighted by molar-refractivity contribution is -0.126. The SMILES string of the molecule is Cc1noc(C)c1CNC(=O)[C@@H]1Cc2ccccc2CN1C(=O)c1ccco1. The molecule has 0 radical (unpaired) electrons. The summed E-state index contributed by atoms with van der Waals surface area (Å²) in [4.78, 5) is 27.6. The fourth-order valence-electron chi connectivity index (χ4n) is 3.56. The number of hydrogen-bond donors (Lipinski definition) is 1. The normalized spacial score (nSPS) is 15.9. The summed E-state index contributed by atoms with van der Waals surface area (Å²) in [6, 6.07) is 10.5. The molecular weight excluding hydrogens is 358 g/mol. The van der Waals surface area contributed by atoms with Gasteiger partial charge in [-0.3, -0.25) is 9.59 Å². The zero-order valence-corrected chi connectivity index (χ0v) is 15.8. The monoisotopic (exact) mass is 379 g/mol. The lowest BCUT2D eigenvalue weighted by Crippen LogP contribution is -2.52. The van der Waals surface area contributed by atoms with Crippen LogP contribution >= 0.6 is 0 Å². The fourth-order valence-corrected chi connectivity index (χ4v) is 3.56. The Bertz CT molecular complexity index is 987. The number of furan rings is 1. The van der Waals surface area contributed by atoms with Gasteiger partial charge in [-0.05, 0) is 37.1 Å². The summed E-state index contributed by atoms with van der Waals surface area (Å²) in [5.41, 5.74) is 3.71. The quantitative estimate of drug-likeness (QED) is 0.753. The van der Waals surface area contributed by atoms with E-state index in [1.165, 1.54) is 6.26 Å². The molecule has 0 aliphatic carbocycles. The molecule has 0 spiro atoms. The number of nitrogens with zero attached hydrogens (tertiary/aromatic N) is 2. The molecule has 1 aromatic carbocycles. The summed E-state index contributed by atoms with van der Waals surface area (Å²) in [5.74, 6) is 0.393. The molecule has 0 fully saturated rings. The van der Waals surface area contributed by atoms with Crippen LogP contribution in [0, 0.1) is 13.8 Å². The van der Waals surface area contributed by atoms with Crippen molar-refractivity contribution < 1.29 is 18.5 Å². The van der Waals surface area contributed by atoms with E-state index in [0.717, 1.165) is 22.4 Å². The number of hydrogen-bond acceptors (Lipinski definition) is 5. The van der Waals surface area contributed by atoms with E-state index in [-0.39, 0.29) is 17.6 Å². The van der Waals surface area contributed by atoms with Crippen molar-refractivity contribution in [3.8, 4) is 0 Å². The third-order valence-corrected chi connectivity index (χ3v) is 5.16. The highest BCUT2D eigenvalue weighted by Crippen LogP contribution is 2.25. The molecule has 0 unspecified atom stereocenters. The van der Waals surface area contributed by atoms with Gasteiger partial charge < -0.3 is 19.2 Å². The summed E-state index contributed by atoms with van der Waals surface area (Å²) < 4.78 is 10.4. The first kappa shape index (κ1) is 18.0. The molecule has 1 aliphatic heterocycles. The molecule has 2 aromatic heterocycles. The van der Waals surface area contributed by atoms with Crippen molar-refractivity contribution in [2.24, 2.45) is 0 Å². The minimum absolute atomic E-state index is 0.214. The van der Waals surface area contributed by atoms with E-state index < -0.39 is 6.04 Å². The molecule has 7 nitrogen and oxygen atoms in total. The number of carbonyl (C=O) groups is 2. The number of rotatable bonds is 4. The Balaban J connectivity index is 1.58. The second-order valence-electron chi connectivity index (χ2n) is 6.92. The van der Waals surface area contributed by atoms with Gasteiger partial charge in [0.2, 0.25) is 5.91 Å². The highest BCUT2D eigenvalue weighted by atomic mass is 16.5. The van der Waals surface area contributed by atoms with Gasteiger partial charge in [0.15, 0.2) is 5.76 Å². The number of amides is 2. The number of fused-ring (bicyclic) bond motifs is 1. The van der Waals surface area contributed by atoms with Crippen LogP contribution in [-0.2, 0) is 24.3 Å². The van der Waals surface area contributed by atoms with E-state index >= 15 is 0 Å². The second kappa shape index (κ2) is 7.34. The predicted octanol–water partition coefficient (Wildman–Crippen LogP) is 2.77. The zero-order valence-electron chi connectivity index (χ0n) is 15.8. The molecule has 2 amide bonds. The minimum atomic E-state index is -0.618. The molecule has 7 heteroatoms. The smallest absolute Gasteiger partial charge is 0.290 e. The topological polar surface area (TPSA) is 88.6 Å². The standard InChI is InChI=1S/C21H21N3O4/c1-13-17(14(2)28-23-13)11-22-20(25)18-10-15-6-3-4-7-16(15)12-24(18)21(26)19-8-5-9-27-19/h3-9,18H,10-12H2,1-2H3,(H,22,25)/t18-/m0/s1. The summed E-state index contributed by atoms with van der Waals surface area (Å²) in [5, 5.41) is 6.84. The van der Waals surface area contributed by atoms with Gasteiger partial charge in [0.05, 0.1) is 12.0 Å². The molecule has 4 rings (SSSR count). The lowest BCUT2D eigenvalue weighted by Gasteiger charge is -2.35. The Morgan fingerprint density at radius 1 is 1.18 bits per heavy atom. The fraction of sp³-hybridized carbons (Fsp3) is 0.286. The van der Waals surface area contributed by atoms with E-state index in [4.69, 9.17) is 8.94 Å². The number of carbonyl (C=O) groups excluding carboxylic acids is 2. The number of aryl methyl sites for hydroxylation is 2. The molecule has 144 valence electrons. The van der Waals surface area contributed by atoms with E-state index in [1.807, 2.05) is 38.1 Å². The van der Waals surface area contributed by atoms with Crippen molar-refractivity contribution in [2.45, 2.75) is 39.4 Å². The number of aromatic nitrogens is 1. The first-order valence-electron chi connectivity index (χ1n) is 9.15. The summed E-state index contributed by atoms with van der Waals surface area (Å²) in [6.07, 6.45) is 1.91. The number of nitrogens with one attached hydrogen (secondary N) is 1. The average Bonchev–Trinajstić information content (AvgIpc) is 3.35. The van der Waals surface area contributed by atoms with Gasteiger partial charge in [-0.15, -0.1) is 0 Å². The second-order valence-corrected chi connectivity index (χ2v) is 6.92. The molecule has 3 aromatic rings. The van der Waals surface area contributed by atoms with E-state index in [2.05, 4.69) is 10.5 Å². The Labute approximate surface area is 162 Å². The van der Waals surface area contributed by atoms with Gasteiger partial charge in [-0.25, -0.2) is 0 Å². The summed E-state index contributed by atoms with van der Waals surface area (Å²) in [6.45, 7) is 4.31. The van der Waals surface area contributed by atoms with Crippen molar-refractivity contribution in [2.75, 3.05) is 0 Å². The van der Waals surface area contributed by atoms with Crippen LogP contribution in [0.2, 0.25) is 0 Å². The number of benzene rings is 1. The Morgan fingerprint density at radius 3 is 2.64 bits per heavy atom. The van der Waals surface area contributed by atoms with Gasteiger partial charge in [-0.2, -0.15) is 0 Å². The first-order chi connectivity index (χ1) is 13.5. The minimum Gasteiger partial charge on any atom is -0.459 e. The van der Waals surface area contributed by atoms with Crippen molar-refractivity contribution in [1.82, 2.24) is 15.4 Å². The third-order valence-electron chi connectivity index (χ3n) is 5.16. The maximum Gasteiger partial charge on any atom is 0.290 e. The Kier molecular flexibility index (Phi) is 4.73. The van der Waals surface area contributed by atoms with E-state index in [0.29, 0.717) is 25.3 Å². The maximum atomic E-state index is 13.0. The molecule has 0 saturated carbocycles. The largest absolute Gasteiger partial charge is 0.459 e. The highest BCUT2D eigenvalue weighted by Gasteiger charge is 2.36. The molecule has 28 heavy (non-hydrogen) atoms. The molecule has 1 atom stereocenters. The van der Waals surface area contributed by atoms with Crippen molar-refractivity contribution in [3.05, 3.63) is 76.6 Å².